The van der Waals surface area contributed by atoms with E-state index in [4.69, 9.17) is 0 Å². The molecule has 2 N–H and O–H groups in total. The number of carbonyl (C=O) groups is 2. The Balaban J connectivity index is 1.45. The minimum Gasteiger partial charge on any atom is -0.506 e. The molecule has 36 heavy (non-hydrogen) atoms. The molecule has 1 aromatic rings. The second-order valence-electron chi connectivity index (χ2n) is 9.60. The standard InChI is InChI=1S/C30H28N2O4/c1-5-7-21-27(33)23(28(21)34)11-17-9-19-13-20-10-18(12-24-29(35)22(8-6-2)30(24)36)16-32(4)26(20)14-25(19)31(3)15-17/h5-8,11-14,33,35H,1-2,9-10,15-16H2,3-4H3/b17-11-,18-12-,21-7?,22-8?. The van der Waals surface area contributed by atoms with E-state index in [1.165, 1.54) is 24.3 Å². The first kappa shape index (κ1) is 23.4. The molecule has 6 heteroatoms. The van der Waals surface area contributed by atoms with Crippen LogP contribution in [0.3, 0.4) is 0 Å². The van der Waals surface area contributed by atoms with Crippen molar-refractivity contribution in [2.24, 2.45) is 0 Å². The minimum atomic E-state index is -0.163. The third kappa shape index (κ3) is 3.66. The lowest BCUT2D eigenvalue weighted by Crippen LogP contribution is -2.31. The average molecular weight is 481 g/mol. The number of nitrogens with zero attached hydrogens (tertiary/aromatic N) is 2. The second kappa shape index (κ2) is 8.72. The maximum absolute atomic E-state index is 12.4. The molecule has 0 fully saturated rings. The fourth-order valence-corrected chi connectivity index (χ4v) is 5.35. The predicted molar refractivity (Wildman–Crippen MR) is 142 cm³/mol. The van der Waals surface area contributed by atoms with E-state index in [0.29, 0.717) is 48.2 Å². The molecule has 1 aromatic carbocycles. The highest BCUT2D eigenvalue weighted by molar-refractivity contribution is 6.21. The highest BCUT2D eigenvalue weighted by Crippen LogP contribution is 2.40. The Hall–Kier alpha value is -4.32. The summed E-state index contributed by atoms with van der Waals surface area (Å²) in [5.74, 6) is -0.275. The molecule has 0 radical (unpaired) electrons. The zero-order valence-corrected chi connectivity index (χ0v) is 20.5. The van der Waals surface area contributed by atoms with E-state index in [1.807, 2.05) is 14.1 Å². The fourth-order valence-electron chi connectivity index (χ4n) is 5.35. The van der Waals surface area contributed by atoms with Gasteiger partial charge >= 0.3 is 0 Å². The number of benzene rings is 1. The number of aliphatic hydroxyl groups excluding tert-OH is 2. The molecular formula is C30H28N2O4. The molecule has 4 aliphatic rings. The molecule has 0 saturated heterocycles. The summed E-state index contributed by atoms with van der Waals surface area (Å²) in [6.45, 7) is 8.51. The van der Waals surface area contributed by atoms with E-state index in [9.17, 15) is 19.8 Å². The van der Waals surface area contributed by atoms with Crippen LogP contribution >= 0.6 is 0 Å². The quantitative estimate of drug-likeness (QED) is 0.616. The van der Waals surface area contributed by atoms with E-state index >= 15 is 0 Å². The van der Waals surface area contributed by atoms with Gasteiger partial charge in [0.15, 0.2) is 0 Å². The monoisotopic (exact) mass is 480 g/mol. The van der Waals surface area contributed by atoms with Crippen LogP contribution in [0.1, 0.15) is 11.1 Å². The van der Waals surface area contributed by atoms with E-state index in [1.54, 1.807) is 12.2 Å². The van der Waals surface area contributed by atoms with Crippen molar-refractivity contribution in [3.05, 3.63) is 118 Å². The number of hydrogen-bond donors (Lipinski definition) is 2. The lowest BCUT2D eigenvalue weighted by Gasteiger charge is -2.36. The van der Waals surface area contributed by atoms with Gasteiger partial charge in [0.05, 0.1) is 22.3 Å². The molecule has 0 bridgehead atoms. The SMILES string of the molecule is C=CC=C1C(=O)C(/C=C2/Cc3cc4c(cc3N(C)C2)N(C)C/C(=C\C2=C(O)C(=CC=C)C2=O)C4)=C1O. The number of ketones is 2. The van der Waals surface area contributed by atoms with Crippen molar-refractivity contribution < 1.29 is 19.8 Å². The maximum atomic E-state index is 12.4. The first-order chi connectivity index (χ1) is 17.2. The first-order valence-electron chi connectivity index (χ1n) is 11.8. The zero-order chi connectivity index (χ0) is 25.7. The predicted octanol–water partition coefficient (Wildman–Crippen LogP) is 4.54. The molecule has 5 rings (SSSR count). The normalized spacial score (nSPS) is 23.8. The molecule has 6 nitrogen and oxygen atoms in total. The molecule has 0 amide bonds. The van der Waals surface area contributed by atoms with Crippen molar-refractivity contribution in [2.45, 2.75) is 12.8 Å². The van der Waals surface area contributed by atoms with Crippen molar-refractivity contribution in [1.82, 2.24) is 0 Å². The van der Waals surface area contributed by atoms with Gasteiger partial charge in [0.2, 0.25) is 11.6 Å². The van der Waals surface area contributed by atoms with Crippen LogP contribution in [-0.2, 0) is 22.4 Å². The molecule has 2 heterocycles. The van der Waals surface area contributed by atoms with Crippen LogP contribution in [0, 0.1) is 0 Å². The molecule has 0 aromatic heterocycles. The topological polar surface area (TPSA) is 81.1 Å². The van der Waals surface area contributed by atoms with Crippen LogP contribution in [0.25, 0.3) is 0 Å². The smallest absolute Gasteiger partial charge is 0.200 e. The van der Waals surface area contributed by atoms with Gasteiger partial charge in [-0.15, -0.1) is 0 Å². The largest absolute Gasteiger partial charge is 0.506 e. The molecule has 0 unspecified atom stereocenters. The summed E-state index contributed by atoms with van der Waals surface area (Å²) in [4.78, 5) is 29.1. The first-order valence-corrected chi connectivity index (χ1v) is 11.8. The number of aliphatic hydroxyl groups is 2. The average Bonchev–Trinajstić information content (AvgIpc) is 2.86. The molecule has 0 saturated carbocycles. The number of hydrogen-bond acceptors (Lipinski definition) is 6. The number of carbonyl (C=O) groups excluding carboxylic acids is 2. The summed E-state index contributed by atoms with van der Waals surface area (Å²) in [5.41, 5.74) is 7.98. The van der Waals surface area contributed by atoms with Gasteiger partial charge in [0.1, 0.15) is 11.5 Å². The molecule has 2 aliphatic heterocycles. The second-order valence-corrected chi connectivity index (χ2v) is 9.60. The van der Waals surface area contributed by atoms with Gasteiger partial charge < -0.3 is 20.0 Å². The summed E-state index contributed by atoms with van der Waals surface area (Å²) < 4.78 is 0. The van der Waals surface area contributed by atoms with Crippen LogP contribution in [0.2, 0.25) is 0 Å². The summed E-state index contributed by atoms with van der Waals surface area (Å²) >= 11 is 0. The molecule has 0 atom stereocenters. The Kier molecular flexibility index (Phi) is 5.67. The van der Waals surface area contributed by atoms with Crippen LogP contribution < -0.4 is 9.80 Å². The van der Waals surface area contributed by atoms with E-state index in [2.05, 4.69) is 35.1 Å². The molecule has 0 spiro atoms. The number of allylic oxidation sites excluding steroid dienone is 10. The molecular weight excluding hydrogens is 452 g/mol. The Bertz CT molecular complexity index is 1340. The third-order valence-corrected chi connectivity index (χ3v) is 7.08. The van der Waals surface area contributed by atoms with Gasteiger partial charge in [-0.25, -0.2) is 0 Å². The van der Waals surface area contributed by atoms with Crippen molar-refractivity contribution in [3.8, 4) is 0 Å². The van der Waals surface area contributed by atoms with E-state index in [0.717, 1.165) is 33.6 Å². The number of Topliss-reactive ketones (excluding diaryl/α,β-unsaturated/α-hetero) is 2. The molecule has 182 valence electrons. The minimum absolute atomic E-state index is 0.0249. The van der Waals surface area contributed by atoms with E-state index in [-0.39, 0.29) is 23.1 Å². The highest BCUT2D eigenvalue weighted by Gasteiger charge is 2.34. The highest BCUT2D eigenvalue weighted by atomic mass is 16.3. The van der Waals surface area contributed by atoms with Crippen LogP contribution in [0.5, 0.6) is 0 Å². The van der Waals surface area contributed by atoms with Gasteiger partial charge in [-0.1, -0.05) is 31.4 Å². The van der Waals surface area contributed by atoms with Crippen molar-refractivity contribution in [1.29, 1.82) is 0 Å². The Labute approximate surface area is 210 Å². The summed E-state index contributed by atoms with van der Waals surface area (Å²) in [7, 11) is 4.05. The van der Waals surface area contributed by atoms with Crippen LogP contribution in [0.15, 0.2) is 107 Å². The van der Waals surface area contributed by atoms with Gasteiger partial charge in [-0.05, 0) is 65.5 Å². The number of rotatable bonds is 4. The third-order valence-electron chi connectivity index (χ3n) is 7.08. The lowest BCUT2D eigenvalue weighted by molar-refractivity contribution is -0.114. The van der Waals surface area contributed by atoms with Gasteiger partial charge in [0, 0.05) is 38.6 Å². The lowest BCUT2D eigenvalue weighted by atomic mass is 9.83. The summed E-state index contributed by atoms with van der Waals surface area (Å²) in [6.07, 6.45) is 11.0. The number of fused-ring (bicyclic) bond motifs is 2. The van der Waals surface area contributed by atoms with Crippen LogP contribution in [-0.4, -0.2) is 49.0 Å². The summed E-state index contributed by atoms with van der Waals surface area (Å²) in [5, 5.41) is 20.6. The van der Waals surface area contributed by atoms with Crippen molar-refractivity contribution >= 4 is 22.9 Å². The Morgan fingerprint density at radius 3 is 1.53 bits per heavy atom. The number of anilines is 2. The van der Waals surface area contributed by atoms with Gasteiger partial charge in [-0.3, -0.25) is 9.59 Å². The van der Waals surface area contributed by atoms with E-state index < -0.39 is 0 Å². The number of likely N-dealkylation sites (N-methyl/N-ethyl adjacent to an activating group) is 2. The molecule has 2 aliphatic carbocycles. The Morgan fingerprint density at radius 1 is 0.750 bits per heavy atom. The zero-order valence-electron chi connectivity index (χ0n) is 20.5. The van der Waals surface area contributed by atoms with Gasteiger partial charge in [0.25, 0.3) is 0 Å². The van der Waals surface area contributed by atoms with Crippen molar-refractivity contribution in [2.75, 3.05) is 37.0 Å². The fraction of sp³-hybridized carbons (Fsp3) is 0.200. The maximum Gasteiger partial charge on any atom is 0.200 e. The van der Waals surface area contributed by atoms with Gasteiger partial charge in [-0.2, -0.15) is 0 Å². The van der Waals surface area contributed by atoms with Crippen LogP contribution in [0.4, 0.5) is 11.4 Å². The summed E-state index contributed by atoms with van der Waals surface area (Å²) in [6, 6.07) is 4.39. The van der Waals surface area contributed by atoms with Crippen molar-refractivity contribution in [3.63, 3.8) is 0 Å². The Morgan fingerprint density at radius 2 is 1.17 bits per heavy atom.